The highest BCUT2D eigenvalue weighted by molar-refractivity contribution is 7.99. The van der Waals surface area contributed by atoms with E-state index in [-0.39, 0.29) is 17.7 Å². The van der Waals surface area contributed by atoms with E-state index in [0.29, 0.717) is 32.6 Å². The molecule has 8 heteroatoms. The fourth-order valence-electron chi connectivity index (χ4n) is 3.04. The number of carbonyl (C=O) groups excluding carboxylic acids is 1. The van der Waals surface area contributed by atoms with E-state index in [2.05, 4.69) is 5.32 Å². The highest BCUT2D eigenvalue weighted by Gasteiger charge is 2.31. The summed E-state index contributed by atoms with van der Waals surface area (Å²) in [5.74, 6) is 1.72. The number of nitrogens with zero attached hydrogens (tertiary/aromatic N) is 2. The quantitative estimate of drug-likeness (QED) is 0.847. The lowest BCUT2D eigenvalue weighted by atomic mass is 10.2. The molecule has 6 nitrogen and oxygen atoms in total. The van der Waals surface area contributed by atoms with Crippen molar-refractivity contribution in [3.05, 3.63) is 35.9 Å². The zero-order valence-corrected chi connectivity index (χ0v) is 15.2. The Bertz CT molecular complexity index is 660. The molecule has 0 radical (unpaired) electrons. The Morgan fingerprint density at radius 1 is 1.17 bits per heavy atom. The van der Waals surface area contributed by atoms with Crippen LogP contribution in [0.2, 0.25) is 0 Å². The summed E-state index contributed by atoms with van der Waals surface area (Å²) < 4.78 is 26.8. The Kier molecular flexibility index (Phi) is 5.80. The van der Waals surface area contributed by atoms with Crippen LogP contribution < -0.4 is 5.32 Å². The van der Waals surface area contributed by atoms with Crippen molar-refractivity contribution in [2.24, 2.45) is 0 Å². The number of sulfonamides is 1. The maximum atomic E-state index is 12.6. The molecule has 0 spiro atoms. The average molecular weight is 370 g/mol. The predicted molar refractivity (Wildman–Crippen MR) is 96.1 cm³/mol. The molecule has 2 saturated heterocycles. The van der Waals surface area contributed by atoms with Crippen LogP contribution in [0.15, 0.2) is 30.3 Å². The van der Waals surface area contributed by atoms with E-state index in [1.54, 1.807) is 11.8 Å². The number of rotatable bonds is 4. The summed E-state index contributed by atoms with van der Waals surface area (Å²) in [7, 11) is -3.35. The molecule has 132 valence electrons. The lowest BCUT2D eigenvalue weighted by Gasteiger charge is -2.24. The van der Waals surface area contributed by atoms with Crippen LogP contribution in [0.3, 0.4) is 0 Å². The molecular formula is C16H23N3O3S2. The Balaban J connectivity index is 1.61. The molecule has 0 aromatic heterocycles. The van der Waals surface area contributed by atoms with Crippen LogP contribution in [-0.4, -0.2) is 67.4 Å². The molecule has 1 aromatic carbocycles. The van der Waals surface area contributed by atoms with Gasteiger partial charge in [-0.25, -0.2) is 8.42 Å². The summed E-state index contributed by atoms with van der Waals surface area (Å²) in [5.41, 5.74) is 0.793. The van der Waals surface area contributed by atoms with E-state index in [0.717, 1.165) is 17.2 Å². The third-order valence-electron chi connectivity index (χ3n) is 4.37. The molecule has 2 heterocycles. The van der Waals surface area contributed by atoms with Gasteiger partial charge in [0.1, 0.15) is 0 Å². The minimum Gasteiger partial charge on any atom is -0.340 e. The van der Waals surface area contributed by atoms with Crippen molar-refractivity contribution in [1.29, 1.82) is 0 Å². The molecular weight excluding hydrogens is 346 g/mol. The molecule has 1 N–H and O–H groups in total. The summed E-state index contributed by atoms with van der Waals surface area (Å²) in [6, 6.07) is 9.10. The lowest BCUT2D eigenvalue weighted by Crippen LogP contribution is -2.46. The SMILES string of the molecule is O=C(C1CSCN1)N1CCCN(S(=O)(=O)Cc2ccccc2)CC1. The summed E-state index contributed by atoms with van der Waals surface area (Å²) >= 11 is 1.72. The maximum Gasteiger partial charge on any atom is 0.240 e. The Hall–Kier alpha value is -1.09. The minimum absolute atomic E-state index is 0.0165. The second-order valence-corrected chi connectivity index (χ2v) is 9.09. The first kappa shape index (κ1) is 17.7. The fraction of sp³-hybridized carbons (Fsp3) is 0.562. The van der Waals surface area contributed by atoms with Gasteiger partial charge in [-0.15, -0.1) is 11.8 Å². The molecule has 0 saturated carbocycles. The standard InChI is InChI=1S/C16H23N3O3S2/c20-16(15-11-23-13-17-15)18-7-4-8-19(10-9-18)24(21,22)12-14-5-2-1-3-6-14/h1-3,5-6,15,17H,4,7-13H2. The number of hydrogen-bond acceptors (Lipinski definition) is 5. The van der Waals surface area contributed by atoms with Gasteiger partial charge < -0.3 is 4.90 Å². The largest absolute Gasteiger partial charge is 0.340 e. The molecule has 1 atom stereocenters. The first-order chi connectivity index (χ1) is 11.6. The molecule has 2 fully saturated rings. The Morgan fingerprint density at radius 3 is 2.67 bits per heavy atom. The average Bonchev–Trinajstić information content (AvgIpc) is 2.98. The van der Waals surface area contributed by atoms with E-state index in [1.807, 2.05) is 35.2 Å². The smallest absolute Gasteiger partial charge is 0.240 e. The highest BCUT2D eigenvalue weighted by atomic mass is 32.2. The van der Waals surface area contributed by atoms with E-state index >= 15 is 0 Å². The van der Waals surface area contributed by atoms with Crippen LogP contribution in [-0.2, 0) is 20.6 Å². The van der Waals surface area contributed by atoms with Gasteiger partial charge in [-0.05, 0) is 12.0 Å². The zero-order chi connectivity index (χ0) is 17.0. The van der Waals surface area contributed by atoms with Crippen molar-refractivity contribution in [2.75, 3.05) is 37.8 Å². The van der Waals surface area contributed by atoms with Gasteiger partial charge in [0.2, 0.25) is 15.9 Å². The van der Waals surface area contributed by atoms with Gasteiger partial charge in [0.15, 0.2) is 0 Å². The first-order valence-corrected chi connectivity index (χ1v) is 10.9. The van der Waals surface area contributed by atoms with Gasteiger partial charge in [-0.2, -0.15) is 4.31 Å². The Morgan fingerprint density at radius 2 is 1.96 bits per heavy atom. The summed E-state index contributed by atoms with van der Waals surface area (Å²) in [5, 5.41) is 3.19. The number of nitrogens with one attached hydrogen (secondary N) is 1. The van der Waals surface area contributed by atoms with Crippen LogP contribution >= 0.6 is 11.8 Å². The summed E-state index contributed by atoms with van der Waals surface area (Å²) in [6.07, 6.45) is 0.680. The van der Waals surface area contributed by atoms with Gasteiger partial charge in [0.25, 0.3) is 0 Å². The monoisotopic (exact) mass is 369 g/mol. The third kappa shape index (κ3) is 4.30. The van der Waals surface area contributed by atoms with E-state index in [9.17, 15) is 13.2 Å². The molecule has 24 heavy (non-hydrogen) atoms. The number of benzene rings is 1. The van der Waals surface area contributed by atoms with Crippen molar-refractivity contribution in [1.82, 2.24) is 14.5 Å². The number of amides is 1. The van der Waals surface area contributed by atoms with Crippen LogP contribution in [0.25, 0.3) is 0 Å². The van der Waals surface area contributed by atoms with Crippen LogP contribution in [0, 0.1) is 0 Å². The van der Waals surface area contributed by atoms with E-state index < -0.39 is 10.0 Å². The topological polar surface area (TPSA) is 69.7 Å². The van der Waals surface area contributed by atoms with Crippen LogP contribution in [0.4, 0.5) is 0 Å². The van der Waals surface area contributed by atoms with Crippen LogP contribution in [0.1, 0.15) is 12.0 Å². The number of thioether (sulfide) groups is 1. The second kappa shape index (κ2) is 7.86. The fourth-order valence-corrected chi connectivity index (χ4v) is 5.54. The minimum atomic E-state index is -3.35. The molecule has 0 bridgehead atoms. The normalized spacial score (nSPS) is 23.2. The molecule has 0 aliphatic carbocycles. The van der Waals surface area contributed by atoms with Crippen molar-refractivity contribution in [2.45, 2.75) is 18.2 Å². The van der Waals surface area contributed by atoms with Gasteiger partial charge in [0.05, 0.1) is 11.8 Å². The van der Waals surface area contributed by atoms with Gasteiger partial charge in [-0.3, -0.25) is 10.1 Å². The predicted octanol–water partition coefficient (Wildman–Crippen LogP) is 0.713. The second-order valence-electron chi connectivity index (χ2n) is 6.09. The van der Waals surface area contributed by atoms with E-state index in [4.69, 9.17) is 0 Å². The van der Waals surface area contributed by atoms with Crippen molar-refractivity contribution in [3.63, 3.8) is 0 Å². The van der Waals surface area contributed by atoms with Crippen molar-refractivity contribution < 1.29 is 13.2 Å². The molecule has 2 aliphatic rings. The molecule has 1 amide bonds. The van der Waals surface area contributed by atoms with E-state index in [1.165, 1.54) is 4.31 Å². The molecule has 1 unspecified atom stereocenters. The van der Waals surface area contributed by atoms with Crippen molar-refractivity contribution >= 4 is 27.7 Å². The Labute approximate surface area is 147 Å². The molecule has 3 rings (SSSR count). The third-order valence-corrected chi connectivity index (χ3v) is 7.16. The molecule has 2 aliphatic heterocycles. The number of carbonyl (C=O) groups is 1. The van der Waals surface area contributed by atoms with Gasteiger partial charge in [-0.1, -0.05) is 30.3 Å². The summed E-state index contributed by atoms with van der Waals surface area (Å²) in [4.78, 5) is 14.3. The maximum absolute atomic E-state index is 12.6. The van der Waals surface area contributed by atoms with Gasteiger partial charge in [0, 0.05) is 37.8 Å². The number of hydrogen-bond donors (Lipinski definition) is 1. The highest BCUT2D eigenvalue weighted by Crippen LogP contribution is 2.16. The first-order valence-electron chi connectivity index (χ1n) is 8.18. The molecule has 1 aromatic rings. The summed E-state index contributed by atoms with van der Waals surface area (Å²) in [6.45, 7) is 1.95. The van der Waals surface area contributed by atoms with Crippen molar-refractivity contribution in [3.8, 4) is 0 Å². The zero-order valence-electron chi connectivity index (χ0n) is 13.6. The lowest BCUT2D eigenvalue weighted by molar-refractivity contribution is -0.132. The van der Waals surface area contributed by atoms with Crippen LogP contribution in [0.5, 0.6) is 0 Å². The van der Waals surface area contributed by atoms with Gasteiger partial charge >= 0.3 is 0 Å².